The number of piperazine rings is 1. The fraction of sp³-hybridized carbons (Fsp3) is 0.308. The molecular weight excluding hydrogens is 455 g/mol. The molecule has 7 heteroatoms. The van der Waals surface area contributed by atoms with Crippen LogP contribution in [0.3, 0.4) is 0 Å². The van der Waals surface area contributed by atoms with Gasteiger partial charge in [0.1, 0.15) is 0 Å². The molecule has 1 unspecified atom stereocenters. The molecule has 1 aliphatic heterocycles. The zero-order valence-corrected chi connectivity index (χ0v) is 19.8. The second kappa shape index (κ2) is 11.0. The number of hydrogen-bond donors (Lipinski definition) is 2. The van der Waals surface area contributed by atoms with Crippen LogP contribution in [-0.4, -0.2) is 50.1 Å². The lowest BCUT2D eigenvalue weighted by Gasteiger charge is -2.29. The first kappa shape index (κ1) is 23.5. The minimum absolute atomic E-state index is 0.0408. The molecule has 0 aliphatic carbocycles. The minimum Gasteiger partial charge on any atom is -0.351 e. The Balaban J connectivity index is 1.54. The Morgan fingerprint density at radius 1 is 1.12 bits per heavy atom. The lowest BCUT2D eigenvalue weighted by Crippen LogP contribution is -2.44. The van der Waals surface area contributed by atoms with Gasteiger partial charge in [-0.3, -0.25) is 4.79 Å². The fourth-order valence-corrected chi connectivity index (χ4v) is 4.91. The number of hydrogen-bond acceptors (Lipinski definition) is 4. The summed E-state index contributed by atoms with van der Waals surface area (Å²) in [6.07, 6.45) is 0.862. The first-order valence-electron chi connectivity index (χ1n) is 11.1. The molecule has 0 bridgehead atoms. The molecule has 1 amide bonds. The average molecular weight is 481 g/mol. The largest absolute Gasteiger partial charge is 0.351 e. The number of halogens is 2. The lowest BCUT2D eigenvalue weighted by atomic mass is 9.94. The first-order chi connectivity index (χ1) is 16.0. The third kappa shape index (κ3) is 5.85. The summed E-state index contributed by atoms with van der Waals surface area (Å²) in [5, 5.41) is 18.8. The summed E-state index contributed by atoms with van der Waals surface area (Å²) >= 11 is 12.7. The fourth-order valence-electron chi connectivity index (χ4n) is 4.35. The zero-order chi connectivity index (χ0) is 23.2. The van der Waals surface area contributed by atoms with Crippen molar-refractivity contribution in [2.75, 3.05) is 39.3 Å². The molecule has 1 aliphatic rings. The highest BCUT2D eigenvalue weighted by Crippen LogP contribution is 2.30. The van der Waals surface area contributed by atoms with E-state index in [2.05, 4.69) is 21.6 Å². The van der Waals surface area contributed by atoms with E-state index in [1.165, 1.54) is 0 Å². The average Bonchev–Trinajstić information content (AvgIpc) is 2.84. The number of amides is 1. The molecule has 170 valence electrons. The van der Waals surface area contributed by atoms with E-state index in [0.29, 0.717) is 27.7 Å². The summed E-state index contributed by atoms with van der Waals surface area (Å²) in [7, 11) is 0. The van der Waals surface area contributed by atoms with Crippen LogP contribution in [-0.2, 0) is 0 Å². The molecule has 0 saturated carbocycles. The van der Waals surface area contributed by atoms with E-state index >= 15 is 0 Å². The third-order valence-electron chi connectivity index (χ3n) is 6.15. The van der Waals surface area contributed by atoms with Crippen LogP contribution < -0.4 is 10.6 Å². The Morgan fingerprint density at radius 3 is 2.67 bits per heavy atom. The molecule has 33 heavy (non-hydrogen) atoms. The summed E-state index contributed by atoms with van der Waals surface area (Å²) in [4.78, 5) is 15.6. The molecule has 1 heterocycles. The van der Waals surface area contributed by atoms with Crippen molar-refractivity contribution in [3.63, 3.8) is 0 Å². The number of carbonyl (C=O) groups is 1. The van der Waals surface area contributed by atoms with Crippen molar-refractivity contribution in [1.82, 2.24) is 15.5 Å². The smallest absolute Gasteiger partial charge is 0.251 e. The Bertz CT molecular complexity index is 1180. The van der Waals surface area contributed by atoms with E-state index in [4.69, 9.17) is 23.2 Å². The normalized spacial score (nSPS) is 15.2. The van der Waals surface area contributed by atoms with Gasteiger partial charge in [-0.25, -0.2) is 0 Å². The molecule has 1 fully saturated rings. The summed E-state index contributed by atoms with van der Waals surface area (Å²) in [5.74, 6) is -0.153. The number of rotatable bonds is 7. The van der Waals surface area contributed by atoms with Gasteiger partial charge >= 0.3 is 0 Å². The molecule has 2 N–H and O–H groups in total. The Morgan fingerprint density at radius 2 is 1.91 bits per heavy atom. The van der Waals surface area contributed by atoms with E-state index in [1.54, 1.807) is 18.2 Å². The molecule has 3 aromatic rings. The quantitative estimate of drug-likeness (QED) is 0.508. The zero-order valence-electron chi connectivity index (χ0n) is 18.3. The van der Waals surface area contributed by atoms with Crippen LogP contribution in [0, 0.1) is 11.3 Å². The molecule has 1 atom stereocenters. The van der Waals surface area contributed by atoms with E-state index < -0.39 is 0 Å². The van der Waals surface area contributed by atoms with Crippen LogP contribution in [0.1, 0.15) is 33.8 Å². The minimum atomic E-state index is -0.194. The molecule has 1 saturated heterocycles. The Labute approximate surface area is 204 Å². The van der Waals surface area contributed by atoms with Gasteiger partial charge in [0.05, 0.1) is 11.6 Å². The highest BCUT2D eigenvalue weighted by Gasteiger charge is 2.20. The maximum Gasteiger partial charge on any atom is 0.251 e. The van der Waals surface area contributed by atoms with Crippen LogP contribution in [0.15, 0.2) is 54.6 Å². The van der Waals surface area contributed by atoms with Gasteiger partial charge in [0, 0.05) is 54.3 Å². The molecule has 0 spiro atoms. The second-order valence-corrected chi connectivity index (χ2v) is 9.15. The van der Waals surface area contributed by atoms with Gasteiger partial charge < -0.3 is 15.5 Å². The van der Waals surface area contributed by atoms with E-state index in [-0.39, 0.29) is 11.8 Å². The highest BCUT2D eigenvalue weighted by molar-refractivity contribution is 6.35. The van der Waals surface area contributed by atoms with Gasteiger partial charge in [-0.1, -0.05) is 53.5 Å². The van der Waals surface area contributed by atoms with Crippen molar-refractivity contribution >= 4 is 39.9 Å². The predicted molar refractivity (Wildman–Crippen MR) is 134 cm³/mol. The van der Waals surface area contributed by atoms with Crippen molar-refractivity contribution in [2.24, 2.45) is 0 Å². The van der Waals surface area contributed by atoms with Crippen LogP contribution in [0.5, 0.6) is 0 Å². The number of fused-ring (bicyclic) bond motifs is 1. The molecule has 5 nitrogen and oxygen atoms in total. The number of nitrogens with one attached hydrogen (secondary N) is 2. The van der Waals surface area contributed by atoms with Crippen molar-refractivity contribution in [3.05, 3.63) is 81.3 Å². The monoisotopic (exact) mass is 480 g/mol. The summed E-state index contributed by atoms with van der Waals surface area (Å²) < 4.78 is 0. The maximum absolute atomic E-state index is 13.2. The van der Waals surface area contributed by atoms with Crippen molar-refractivity contribution in [2.45, 2.75) is 12.3 Å². The van der Waals surface area contributed by atoms with E-state index in [1.807, 2.05) is 36.4 Å². The summed E-state index contributed by atoms with van der Waals surface area (Å²) in [6, 6.07) is 18.8. The lowest BCUT2D eigenvalue weighted by molar-refractivity contribution is 0.0951. The standard InChI is InChI=1S/C26H26Cl2N4O/c27-21-5-6-23(25(28)15-21)20(7-10-32-11-8-30-9-12-32)17-31-26(33)24-14-18(16-29)13-19-3-1-2-4-22(19)24/h1-6,13-15,20,30H,7-12,17H2,(H,31,33). The maximum atomic E-state index is 13.2. The van der Waals surface area contributed by atoms with Gasteiger partial charge in [0.25, 0.3) is 5.91 Å². The third-order valence-corrected chi connectivity index (χ3v) is 6.71. The van der Waals surface area contributed by atoms with Gasteiger partial charge in [0.2, 0.25) is 0 Å². The summed E-state index contributed by atoms with van der Waals surface area (Å²) in [6.45, 7) is 5.38. The van der Waals surface area contributed by atoms with E-state index in [9.17, 15) is 10.1 Å². The van der Waals surface area contributed by atoms with E-state index in [0.717, 1.165) is 55.5 Å². The Kier molecular flexibility index (Phi) is 7.85. The molecule has 0 radical (unpaired) electrons. The molecule has 3 aromatic carbocycles. The predicted octanol–water partition coefficient (Wildman–Crippen LogP) is 4.83. The second-order valence-electron chi connectivity index (χ2n) is 8.31. The molecule has 4 rings (SSSR count). The van der Waals surface area contributed by atoms with Crippen molar-refractivity contribution in [1.29, 1.82) is 5.26 Å². The topological polar surface area (TPSA) is 68.2 Å². The van der Waals surface area contributed by atoms with Crippen LogP contribution >= 0.6 is 23.2 Å². The summed E-state index contributed by atoms with van der Waals surface area (Å²) in [5.41, 5.74) is 1.95. The van der Waals surface area contributed by atoms with Gasteiger partial charge in [0.15, 0.2) is 0 Å². The number of nitriles is 1. The molecular formula is C26H26Cl2N4O. The van der Waals surface area contributed by atoms with Gasteiger partial charge in [-0.05, 0) is 53.6 Å². The van der Waals surface area contributed by atoms with Crippen molar-refractivity contribution in [3.8, 4) is 6.07 Å². The highest BCUT2D eigenvalue weighted by atomic mass is 35.5. The van der Waals surface area contributed by atoms with Crippen LogP contribution in [0.25, 0.3) is 10.8 Å². The number of benzene rings is 3. The Hall–Kier alpha value is -2.62. The first-order valence-corrected chi connectivity index (χ1v) is 11.9. The molecule has 0 aromatic heterocycles. The number of carbonyl (C=O) groups excluding carboxylic acids is 1. The van der Waals surface area contributed by atoms with Crippen LogP contribution in [0.4, 0.5) is 0 Å². The van der Waals surface area contributed by atoms with Gasteiger partial charge in [-0.15, -0.1) is 0 Å². The van der Waals surface area contributed by atoms with Crippen LogP contribution in [0.2, 0.25) is 10.0 Å². The van der Waals surface area contributed by atoms with Gasteiger partial charge in [-0.2, -0.15) is 5.26 Å². The SMILES string of the molecule is N#Cc1cc(C(=O)NCC(CCN2CCNCC2)c2ccc(Cl)cc2Cl)c2ccccc2c1. The van der Waals surface area contributed by atoms with Crippen molar-refractivity contribution < 1.29 is 4.79 Å². The number of nitrogens with zero attached hydrogens (tertiary/aromatic N) is 2.